The maximum absolute atomic E-state index is 13.5. The van der Waals surface area contributed by atoms with Crippen LogP contribution in [0.15, 0.2) is 48.5 Å². The van der Waals surface area contributed by atoms with Gasteiger partial charge in [-0.25, -0.2) is 4.79 Å². The van der Waals surface area contributed by atoms with Gasteiger partial charge in [0.1, 0.15) is 13.2 Å². The number of carboxylic acid groups (broad SMARTS) is 1. The zero-order valence-corrected chi connectivity index (χ0v) is 17.1. The predicted octanol–water partition coefficient (Wildman–Crippen LogP) is 3.00. The van der Waals surface area contributed by atoms with Gasteiger partial charge < -0.3 is 20.1 Å². The highest BCUT2D eigenvalue weighted by atomic mass is 19.4. The standard InChI is InChI=1S/C23H19F3N2O5/c1-2-11-28(12-19(29)30)21(31)20(23(24,25)26)27-22(32)33-13-18-16-9-5-3-7-14(16)15-8-4-6-10-17(15)18/h1,3-10,18,20H,11-13H2,(H,27,32)(H,29,30). The van der Waals surface area contributed by atoms with Gasteiger partial charge in [0.15, 0.2) is 0 Å². The van der Waals surface area contributed by atoms with Crippen LogP contribution in [-0.4, -0.2) is 59.9 Å². The molecule has 2 aromatic rings. The van der Waals surface area contributed by atoms with Crippen molar-refractivity contribution in [1.29, 1.82) is 0 Å². The number of alkyl halides is 3. The van der Waals surface area contributed by atoms with E-state index >= 15 is 0 Å². The van der Waals surface area contributed by atoms with E-state index in [1.54, 1.807) is 12.1 Å². The molecule has 0 radical (unpaired) electrons. The Morgan fingerprint density at radius 2 is 1.64 bits per heavy atom. The molecule has 1 unspecified atom stereocenters. The molecular formula is C23H19F3N2O5. The molecule has 0 heterocycles. The molecule has 0 saturated carbocycles. The maximum atomic E-state index is 13.5. The Balaban J connectivity index is 1.74. The summed E-state index contributed by atoms with van der Waals surface area (Å²) in [6.45, 7) is -1.99. The lowest BCUT2D eigenvalue weighted by Gasteiger charge is -2.26. The molecule has 0 aliphatic heterocycles. The van der Waals surface area contributed by atoms with E-state index in [1.165, 1.54) is 5.32 Å². The van der Waals surface area contributed by atoms with Crippen LogP contribution in [0.4, 0.5) is 18.0 Å². The summed E-state index contributed by atoms with van der Waals surface area (Å²) in [5.74, 6) is -1.72. The summed E-state index contributed by atoms with van der Waals surface area (Å²) in [5, 5.41) is 10.3. The van der Waals surface area contributed by atoms with Crippen LogP contribution in [0.25, 0.3) is 11.1 Å². The van der Waals surface area contributed by atoms with E-state index < -0.39 is 49.2 Å². The third kappa shape index (κ3) is 5.26. The van der Waals surface area contributed by atoms with Crippen LogP contribution in [0.2, 0.25) is 0 Å². The van der Waals surface area contributed by atoms with E-state index in [-0.39, 0.29) is 6.61 Å². The largest absolute Gasteiger partial charge is 0.480 e. The molecule has 0 saturated heterocycles. The average molecular weight is 460 g/mol. The van der Waals surface area contributed by atoms with Gasteiger partial charge in [0, 0.05) is 5.92 Å². The topological polar surface area (TPSA) is 95.9 Å². The first-order chi connectivity index (χ1) is 15.6. The summed E-state index contributed by atoms with van der Waals surface area (Å²) >= 11 is 0. The number of nitrogens with one attached hydrogen (secondary N) is 1. The Hall–Kier alpha value is -4.00. The van der Waals surface area contributed by atoms with Gasteiger partial charge in [-0.1, -0.05) is 54.5 Å². The smallest absolute Gasteiger partial charge is 0.417 e. The number of carbonyl (C=O) groups is 3. The molecule has 3 rings (SSSR count). The Labute approximate surface area is 187 Å². The van der Waals surface area contributed by atoms with Gasteiger partial charge in [-0.2, -0.15) is 13.2 Å². The Kier molecular flexibility index (Phi) is 6.92. The van der Waals surface area contributed by atoms with Crippen LogP contribution in [-0.2, 0) is 14.3 Å². The molecule has 1 atom stereocenters. The lowest BCUT2D eigenvalue weighted by Crippen LogP contribution is -2.57. The fourth-order valence-electron chi connectivity index (χ4n) is 3.71. The number of carbonyl (C=O) groups excluding carboxylic acids is 2. The second kappa shape index (κ2) is 9.65. The van der Waals surface area contributed by atoms with Gasteiger partial charge in [0.2, 0.25) is 6.04 Å². The van der Waals surface area contributed by atoms with Gasteiger partial charge in [-0.05, 0) is 22.3 Å². The molecule has 1 aliphatic rings. The number of terminal acetylenes is 1. The summed E-state index contributed by atoms with van der Waals surface area (Å²) < 4.78 is 45.5. The molecule has 172 valence electrons. The van der Waals surface area contributed by atoms with Crippen LogP contribution in [0.3, 0.4) is 0 Å². The van der Waals surface area contributed by atoms with Crippen molar-refractivity contribution >= 4 is 18.0 Å². The molecule has 0 aromatic heterocycles. The molecule has 7 nitrogen and oxygen atoms in total. The second-order valence-electron chi connectivity index (χ2n) is 7.24. The Morgan fingerprint density at radius 1 is 1.09 bits per heavy atom. The number of halogens is 3. The first-order valence-electron chi connectivity index (χ1n) is 9.75. The second-order valence-corrected chi connectivity index (χ2v) is 7.24. The van der Waals surface area contributed by atoms with Crippen LogP contribution in [0.5, 0.6) is 0 Å². The minimum absolute atomic E-state index is 0.262. The average Bonchev–Trinajstić information content (AvgIpc) is 3.08. The summed E-state index contributed by atoms with van der Waals surface area (Å²) in [6, 6.07) is 11.8. The first kappa shape index (κ1) is 23.7. The van der Waals surface area contributed by atoms with Crippen molar-refractivity contribution in [2.45, 2.75) is 18.1 Å². The number of nitrogens with zero attached hydrogens (tertiary/aromatic N) is 1. The number of benzene rings is 2. The SMILES string of the molecule is C#CCN(CC(=O)O)C(=O)C(NC(=O)OCC1c2ccccc2-c2ccccc21)C(F)(F)F. The lowest BCUT2D eigenvalue weighted by atomic mass is 9.98. The van der Waals surface area contributed by atoms with Crippen molar-refractivity contribution in [2.75, 3.05) is 19.7 Å². The van der Waals surface area contributed by atoms with E-state index in [0.717, 1.165) is 22.3 Å². The number of fused-ring (bicyclic) bond motifs is 3. The van der Waals surface area contributed by atoms with Crippen molar-refractivity contribution in [3.63, 3.8) is 0 Å². The number of ether oxygens (including phenoxy) is 1. The highest BCUT2D eigenvalue weighted by Crippen LogP contribution is 2.44. The molecule has 10 heteroatoms. The number of rotatable bonds is 7. The van der Waals surface area contributed by atoms with E-state index in [2.05, 4.69) is 0 Å². The van der Waals surface area contributed by atoms with E-state index in [9.17, 15) is 27.6 Å². The van der Waals surface area contributed by atoms with Crippen molar-refractivity contribution in [3.05, 3.63) is 59.7 Å². The summed E-state index contributed by atoms with van der Waals surface area (Å²) in [6.07, 6.45) is -1.65. The maximum Gasteiger partial charge on any atom is 0.417 e. The first-order valence-corrected chi connectivity index (χ1v) is 9.75. The number of carboxylic acids is 1. The highest BCUT2D eigenvalue weighted by molar-refractivity contribution is 5.89. The fraction of sp³-hybridized carbons (Fsp3) is 0.261. The van der Waals surface area contributed by atoms with Crippen LogP contribution >= 0.6 is 0 Å². The zero-order valence-electron chi connectivity index (χ0n) is 17.1. The third-order valence-electron chi connectivity index (χ3n) is 5.10. The highest BCUT2D eigenvalue weighted by Gasteiger charge is 2.48. The molecule has 0 fully saturated rings. The molecule has 2 N–H and O–H groups in total. The molecule has 33 heavy (non-hydrogen) atoms. The molecule has 2 amide bonds. The normalized spacial score (nSPS) is 13.3. The van der Waals surface area contributed by atoms with E-state index in [1.807, 2.05) is 42.3 Å². The van der Waals surface area contributed by atoms with E-state index in [4.69, 9.17) is 16.3 Å². The van der Waals surface area contributed by atoms with Gasteiger partial charge in [-0.3, -0.25) is 9.59 Å². The molecule has 0 spiro atoms. The number of hydrogen-bond donors (Lipinski definition) is 2. The Morgan fingerprint density at radius 3 is 2.12 bits per heavy atom. The number of hydrogen-bond acceptors (Lipinski definition) is 4. The van der Waals surface area contributed by atoms with Crippen molar-refractivity contribution in [1.82, 2.24) is 10.2 Å². The quantitative estimate of drug-likeness (QED) is 0.620. The van der Waals surface area contributed by atoms with Crippen molar-refractivity contribution in [3.8, 4) is 23.5 Å². The van der Waals surface area contributed by atoms with Crippen molar-refractivity contribution < 1.29 is 37.4 Å². The monoisotopic (exact) mass is 460 g/mol. The summed E-state index contributed by atoms with van der Waals surface area (Å²) in [4.78, 5) is 35.7. The summed E-state index contributed by atoms with van der Waals surface area (Å²) in [7, 11) is 0. The predicted molar refractivity (Wildman–Crippen MR) is 111 cm³/mol. The summed E-state index contributed by atoms with van der Waals surface area (Å²) in [5.41, 5.74) is 3.58. The minimum Gasteiger partial charge on any atom is -0.480 e. The van der Waals surface area contributed by atoms with Crippen LogP contribution < -0.4 is 5.32 Å². The zero-order chi connectivity index (χ0) is 24.2. The Bertz CT molecular complexity index is 1060. The third-order valence-corrected chi connectivity index (χ3v) is 5.10. The molecular weight excluding hydrogens is 441 g/mol. The van der Waals surface area contributed by atoms with Gasteiger partial charge in [-0.15, -0.1) is 6.42 Å². The van der Waals surface area contributed by atoms with Gasteiger partial charge in [0.25, 0.3) is 5.91 Å². The fourth-order valence-corrected chi connectivity index (χ4v) is 3.71. The number of amides is 2. The van der Waals surface area contributed by atoms with Crippen molar-refractivity contribution in [2.24, 2.45) is 0 Å². The lowest BCUT2D eigenvalue weighted by molar-refractivity contribution is -0.175. The van der Waals surface area contributed by atoms with Gasteiger partial charge >= 0.3 is 18.2 Å². The number of alkyl carbamates (subject to hydrolysis) is 1. The van der Waals surface area contributed by atoms with Crippen LogP contribution in [0, 0.1) is 12.3 Å². The van der Waals surface area contributed by atoms with E-state index in [0.29, 0.717) is 4.90 Å². The van der Waals surface area contributed by atoms with Gasteiger partial charge in [0.05, 0.1) is 6.54 Å². The van der Waals surface area contributed by atoms with Crippen LogP contribution in [0.1, 0.15) is 17.0 Å². The molecule has 1 aliphatic carbocycles. The number of aliphatic carboxylic acids is 1. The molecule has 0 bridgehead atoms. The molecule has 2 aromatic carbocycles. The minimum atomic E-state index is -5.20.